The summed E-state index contributed by atoms with van der Waals surface area (Å²) in [7, 11) is 0. The predicted octanol–water partition coefficient (Wildman–Crippen LogP) is 2.30. The van der Waals surface area contributed by atoms with Gasteiger partial charge in [-0.15, -0.1) is 0 Å². The smallest absolute Gasteiger partial charge is 0.262 e. The molecule has 0 aliphatic carbocycles. The lowest BCUT2D eigenvalue weighted by Gasteiger charge is -2.26. The Bertz CT molecular complexity index is 856. The van der Waals surface area contributed by atoms with Crippen LogP contribution in [0.5, 0.6) is 5.75 Å². The highest BCUT2D eigenvalue weighted by molar-refractivity contribution is 6.04. The number of nitrogens with zero attached hydrogens (tertiary/aromatic N) is 1. The number of morpholine rings is 1. The lowest BCUT2D eigenvalue weighted by atomic mass is 10.1. The molecular weight excluding hydrogens is 389 g/mol. The van der Waals surface area contributed by atoms with Crippen LogP contribution in [0, 0.1) is 5.82 Å². The lowest BCUT2D eigenvalue weighted by Crippen LogP contribution is -2.38. The van der Waals surface area contributed by atoms with Crippen LogP contribution in [-0.4, -0.2) is 62.7 Å². The first-order chi connectivity index (χ1) is 14.6. The van der Waals surface area contributed by atoms with Crippen LogP contribution in [0.15, 0.2) is 48.5 Å². The second-order valence-corrected chi connectivity index (χ2v) is 6.88. The van der Waals surface area contributed by atoms with Gasteiger partial charge in [0.25, 0.3) is 11.8 Å². The average Bonchev–Trinajstić information content (AvgIpc) is 2.77. The van der Waals surface area contributed by atoms with Gasteiger partial charge in [0.2, 0.25) is 0 Å². The zero-order valence-corrected chi connectivity index (χ0v) is 16.7. The first kappa shape index (κ1) is 21.7. The maximum atomic E-state index is 13.6. The average molecular weight is 415 g/mol. The number of anilines is 1. The van der Waals surface area contributed by atoms with Crippen molar-refractivity contribution in [2.75, 3.05) is 51.3 Å². The van der Waals surface area contributed by atoms with E-state index in [4.69, 9.17) is 9.47 Å². The summed E-state index contributed by atoms with van der Waals surface area (Å²) in [4.78, 5) is 27.1. The zero-order valence-electron chi connectivity index (χ0n) is 16.7. The number of amides is 2. The van der Waals surface area contributed by atoms with Crippen molar-refractivity contribution in [3.05, 3.63) is 59.9 Å². The molecule has 0 spiro atoms. The van der Waals surface area contributed by atoms with E-state index < -0.39 is 11.7 Å². The Kier molecular flexibility index (Phi) is 8.17. The van der Waals surface area contributed by atoms with Gasteiger partial charge in [-0.2, -0.15) is 0 Å². The van der Waals surface area contributed by atoms with Gasteiger partial charge < -0.3 is 20.1 Å². The van der Waals surface area contributed by atoms with Gasteiger partial charge in [-0.05, 0) is 37.2 Å². The summed E-state index contributed by atoms with van der Waals surface area (Å²) >= 11 is 0. The van der Waals surface area contributed by atoms with Crippen LogP contribution in [-0.2, 0) is 9.53 Å². The number of hydrogen-bond acceptors (Lipinski definition) is 5. The van der Waals surface area contributed by atoms with Gasteiger partial charge in [0, 0.05) is 19.6 Å². The van der Waals surface area contributed by atoms with E-state index in [1.165, 1.54) is 18.2 Å². The number of para-hydroxylation sites is 2. The van der Waals surface area contributed by atoms with Gasteiger partial charge in [-0.25, -0.2) is 4.39 Å². The SMILES string of the molecule is O=C(COc1ccccc1F)Nc1ccccc1C(=O)NCCCN1CCOCC1. The first-order valence-electron chi connectivity index (χ1n) is 9.98. The maximum absolute atomic E-state index is 13.6. The molecule has 3 rings (SSSR count). The molecule has 2 N–H and O–H groups in total. The fraction of sp³-hybridized carbons (Fsp3) is 0.364. The summed E-state index contributed by atoms with van der Waals surface area (Å²) in [6, 6.07) is 12.6. The molecule has 0 radical (unpaired) electrons. The van der Waals surface area contributed by atoms with Gasteiger partial charge in [0.1, 0.15) is 0 Å². The normalized spacial score (nSPS) is 14.2. The van der Waals surface area contributed by atoms with Crippen LogP contribution >= 0.6 is 0 Å². The van der Waals surface area contributed by atoms with Crippen LogP contribution < -0.4 is 15.4 Å². The molecular formula is C22H26FN3O4. The molecule has 1 heterocycles. The summed E-state index contributed by atoms with van der Waals surface area (Å²) in [5, 5.41) is 5.54. The van der Waals surface area contributed by atoms with Crippen molar-refractivity contribution in [1.82, 2.24) is 10.2 Å². The molecule has 1 saturated heterocycles. The van der Waals surface area contributed by atoms with Gasteiger partial charge >= 0.3 is 0 Å². The van der Waals surface area contributed by atoms with Crippen molar-refractivity contribution in [2.24, 2.45) is 0 Å². The molecule has 1 aliphatic heterocycles. The minimum atomic E-state index is -0.540. The highest BCUT2D eigenvalue weighted by Gasteiger charge is 2.14. The highest BCUT2D eigenvalue weighted by atomic mass is 19.1. The molecule has 0 unspecified atom stereocenters. The molecule has 160 valence electrons. The maximum Gasteiger partial charge on any atom is 0.262 e. The molecule has 7 nitrogen and oxygen atoms in total. The number of benzene rings is 2. The fourth-order valence-electron chi connectivity index (χ4n) is 3.11. The van der Waals surface area contributed by atoms with Crippen molar-refractivity contribution in [2.45, 2.75) is 6.42 Å². The molecule has 30 heavy (non-hydrogen) atoms. The molecule has 2 aromatic rings. The van der Waals surface area contributed by atoms with E-state index in [2.05, 4.69) is 15.5 Å². The van der Waals surface area contributed by atoms with E-state index >= 15 is 0 Å². The minimum absolute atomic E-state index is 0.000976. The van der Waals surface area contributed by atoms with E-state index in [1.54, 1.807) is 30.3 Å². The molecule has 0 aromatic heterocycles. The standard InChI is InChI=1S/C22H26FN3O4/c23-18-7-2-4-9-20(18)30-16-21(27)25-19-8-3-1-6-17(19)22(28)24-10-5-11-26-12-14-29-15-13-26/h1-4,6-9H,5,10-16H2,(H,24,28)(H,25,27). The van der Waals surface area contributed by atoms with Gasteiger partial charge in [0.05, 0.1) is 24.5 Å². The van der Waals surface area contributed by atoms with E-state index in [0.29, 0.717) is 17.8 Å². The number of halogens is 1. The Morgan fingerprint density at radius 3 is 2.60 bits per heavy atom. The molecule has 2 amide bonds. The third-order valence-electron chi connectivity index (χ3n) is 4.68. The van der Waals surface area contributed by atoms with Crippen LogP contribution in [0.2, 0.25) is 0 Å². The topological polar surface area (TPSA) is 79.9 Å². The monoisotopic (exact) mass is 415 g/mol. The largest absolute Gasteiger partial charge is 0.481 e. The predicted molar refractivity (Wildman–Crippen MR) is 111 cm³/mol. The second kappa shape index (κ2) is 11.3. The third-order valence-corrected chi connectivity index (χ3v) is 4.68. The van der Waals surface area contributed by atoms with Crippen molar-refractivity contribution >= 4 is 17.5 Å². The van der Waals surface area contributed by atoms with Crippen molar-refractivity contribution in [3.8, 4) is 5.75 Å². The number of carbonyl (C=O) groups is 2. The zero-order chi connectivity index (χ0) is 21.2. The molecule has 0 saturated carbocycles. The van der Waals surface area contributed by atoms with Crippen molar-refractivity contribution < 1.29 is 23.5 Å². The quantitative estimate of drug-likeness (QED) is 0.615. The number of nitrogens with one attached hydrogen (secondary N) is 2. The van der Waals surface area contributed by atoms with Gasteiger partial charge in [0.15, 0.2) is 18.2 Å². The summed E-state index contributed by atoms with van der Waals surface area (Å²) in [5.74, 6) is -1.28. The van der Waals surface area contributed by atoms with Crippen LogP contribution in [0.25, 0.3) is 0 Å². The molecule has 0 atom stereocenters. The van der Waals surface area contributed by atoms with Gasteiger partial charge in [-0.3, -0.25) is 14.5 Å². The minimum Gasteiger partial charge on any atom is -0.481 e. The Hall–Kier alpha value is -2.97. The number of hydrogen-bond donors (Lipinski definition) is 2. The number of carbonyl (C=O) groups excluding carboxylic acids is 2. The second-order valence-electron chi connectivity index (χ2n) is 6.88. The molecule has 8 heteroatoms. The Labute approximate surface area is 175 Å². The molecule has 1 fully saturated rings. The summed E-state index contributed by atoms with van der Waals surface area (Å²) < 4.78 is 24.1. The lowest BCUT2D eigenvalue weighted by molar-refractivity contribution is -0.118. The van der Waals surface area contributed by atoms with Gasteiger partial charge in [-0.1, -0.05) is 24.3 Å². The van der Waals surface area contributed by atoms with E-state index in [0.717, 1.165) is 39.3 Å². The van der Waals surface area contributed by atoms with Crippen LogP contribution in [0.3, 0.4) is 0 Å². The van der Waals surface area contributed by atoms with E-state index in [-0.39, 0.29) is 18.3 Å². The number of rotatable bonds is 9. The van der Waals surface area contributed by atoms with E-state index in [9.17, 15) is 14.0 Å². The summed E-state index contributed by atoms with van der Waals surface area (Å²) in [5.41, 5.74) is 0.744. The van der Waals surface area contributed by atoms with Crippen molar-refractivity contribution in [3.63, 3.8) is 0 Å². The summed E-state index contributed by atoms with van der Waals surface area (Å²) in [6.07, 6.45) is 0.830. The van der Waals surface area contributed by atoms with Crippen LogP contribution in [0.4, 0.5) is 10.1 Å². The molecule has 2 aromatic carbocycles. The number of ether oxygens (including phenoxy) is 2. The van der Waals surface area contributed by atoms with E-state index in [1.807, 2.05) is 0 Å². The van der Waals surface area contributed by atoms with Crippen LogP contribution in [0.1, 0.15) is 16.8 Å². The Morgan fingerprint density at radius 2 is 1.80 bits per heavy atom. The molecule has 0 bridgehead atoms. The molecule has 1 aliphatic rings. The summed E-state index contributed by atoms with van der Waals surface area (Å²) in [6.45, 7) is 4.40. The Balaban J connectivity index is 1.47. The first-order valence-corrected chi connectivity index (χ1v) is 9.98. The fourth-order valence-corrected chi connectivity index (χ4v) is 3.11. The highest BCUT2D eigenvalue weighted by Crippen LogP contribution is 2.17. The van der Waals surface area contributed by atoms with Crippen molar-refractivity contribution in [1.29, 1.82) is 0 Å². The Morgan fingerprint density at radius 1 is 1.07 bits per heavy atom. The third kappa shape index (κ3) is 6.53.